The summed E-state index contributed by atoms with van der Waals surface area (Å²) in [5.74, 6) is -0.553. The highest BCUT2D eigenvalue weighted by Crippen LogP contribution is 2.25. The third kappa shape index (κ3) is 5.84. The maximum absolute atomic E-state index is 12.2. The Morgan fingerprint density at radius 3 is 2.04 bits per heavy atom. The topological polar surface area (TPSA) is 93.1 Å². The lowest BCUT2D eigenvalue weighted by Gasteiger charge is -2.18. The van der Waals surface area contributed by atoms with Crippen molar-refractivity contribution in [2.45, 2.75) is 32.3 Å². The van der Waals surface area contributed by atoms with Gasteiger partial charge < -0.3 is 19.7 Å². The van der Waals surface area contributed by atoms with Crippen LogP contribution in [0.2, 0.25) is 0 Å². The molecule has 2 aromatic rings. The molecule has 0 saturated carbocycles. The highest BCUT2D eigenvalue weighted by atomic mass is 16.6. The molecule has 6 nitrogen and oxygen atoms in total. The molecule has 2 rings (SSSR count). The van der Waals surface area contributed by atoms with E-state index >= 15 is 0 Å². The van der Waals surface area contributed by atoms with Crippen molar-refractivity contribution in [1.29, 1.82) is 0 Å². The lowest BCUT2D eigenvalue weighted by atomic mass is 10.1. The number of ether oxygens (including phenoxy) is 2. The van der Waals surface area contributed by atoms with Gasteiger partial charge in [-0.2, -0.15) is 0 Å². The number of phenolic OH excluding ortho intramolecular Hbond substituents is 2. The number of rotatable bonds is 7. The molecule has 1 atom stereocenters. The minimum absolute atomic E-state index is 0.0651. The number of benzene rings is 2. The minimum atomic E-state index is -0.802. The smallest absolute Gasteiger partial charge is 0.315 e. The summed E-state index contributed by atoms with van der Waals surface area (Å²) < 4.78 is 10.6. The quantitative estimate of drug-likeness (QED) is 0.590. The van der Waals surface area contributed by atoms with Gasteiger partial charge in [-0.05, 0) is 48.4 Å². The molecule has 25 heavy (non-hydrogen) atoms. The largest absolute Gasteiger partial charge is 0.508 e. The van der Waals surface area contributed by atoms with Crippen LogP contribution in [-0.2, 0) is 14.3 Å². The number of carbonyl (C=O) groups is 2. The van der Waals surface area contributed by atoms with Crippen molar-refractivity contribution < 1.29 is 29.3 Å². The van der Waals surface area contributed by atoms with Gasteiger partial charge in [-0.15, -0.1) is 0 Å². The van der Waals surface area contributed by atoms with Gasteiger partial charge in [0.2, 0.25) is 0 Å². The molecule has 2 N–H and O–H groups in total. The van der Waals surface area contributed by atoms with Crippen molar-refractivity contribution in [2.75, 3.05) is 0 Å². The fraction of sp³-hybridized carbons (Fsp3) is 0.263. The first kappa shape index (κ1) is 18.3. The van der Waals surface area contributed by atoms with E-state index in [0.29, 0.717) is 12.0 Å². The van der Waals surface area contributed by atoms with Gasteiger partial charge in [0.15, 0.2) is 0 Å². The second-order valence-corrected chi connectivity index (χ2v) is 5.49. The highest BCUT2D eigenvalue weighted by Gasteiger charge is 2.21. The third-order valence-corrected chi connectivity index (χ3v) is 3.41. The average molecular weight is 344 g/mol. The first-order valence-corrected chi connectivity index (χ1v) is 7.96. The molecule has 0 heterocycles. The standard InChI is InChI=1S/C19H20O6/c1-2-3-18(22)25-17(13-4-6-14(20)7-5-13)12-19(23)24-16-10-8-15(21)9-11-16/h4-11,17,20-21H,2-3,12H2,1H3. The van der Waals surface area contributed by atoms with E-state index in [4.69, 9.17) is 9.47 Å². The predicted molar refractivity (Wildman–Crippen MR) is 90.2 cm³/mol. The Balaban J connectivity index is 2.08. The predicted octanol–water partition coefficient (Wildman–Crippen LogP) is 3.48. The van der Waals surface area contributed by atoms with Gasteiger partial charge in [0, 0.05) is 6.42 Å². The van der Waals surface area contributed by atoms with Crippen LogP contribution in [0.4, 0.5) is 0 Å². The summed E-state index contributed by atoms with van der Waals surface area (Å²) in [5, 5.41) is 18.6. The molecule has 0 bridgehead atoms. The number of hydrogen-bond acceptors (Lipinski definition) is 6. The molecular weight excluding hydrogens is 324 g/mol. The van der Waals surface area contributed by atoms with Gasteiger partial charge in [-0.3, -0.25) is 9.59 Å². The summed E-state index contributed by atoms with van der Waals surface area (Å²) in [6.07, 6.45) is -0.0776. The maximum atomic E-state index is 12.2. The third-order valence-electron chi connectivity index (χ3n) is 3.41. The number of hydrogen-bond donors (Lipinski definition) is 2. The molecule has 0 radical (unpaired) electrons. The zero-order valence-corrected chi connectivity index (χ0v) is 13.8. The second-order valence-electron chi connectivity index (χ2n) is 5.49. The molecule has 6 heteroatoms. The van der Waals surface area contributed by atoms with E-state index in [-0.39, 0.29) is 30.1 Å². The van der Waals surface area contributed by atoms with Gasteiger partial charge in [-0.25, -0.2) is 0 Å². The van der Waals surface area contributed by atoms with E-state index in [1.54, 1.807) is 12.1 Å². The zero-order valence-electron chi connectivity index (χ0n) is 13.8. The van der Waals surface area contributed by atoms with E-state index < -0.39 is 18.0 Å². The Morgan fingerprint density at radius 1 is 0.920 bits per heavy atom. The van der Waals surface area contributed by atoms with Crippen molar-refractivity contribution in [2.24, 2.45) is 0 Å². The van der Waals surface area contributed by atoms with Crippen molar-refractivity contribution >= 4 is 11.9 Å². The zero-order chi connectivity index (χ0) is 18.2. The minimum Gasteiger partial charge on any atom is -0.508 e. The van der Waals surface area contributed by atoms with Crippen LogP contribution < -0.4 is 4.74 Å². The van der Waals surface area contributed by atoms with E-state index in [9.17, 15) is 19.8 Å². The molecule has 2 aromatic carbocycles. The molecule has 0 saturated heterocycles. The molecule has 132 valence electrons. The lowest BCUT2D eigenvalue weighted by molar-refractivity contribution is -0.152. The molecule has 0 aliphatic heterocycles. The van der Waals surface area contributed by atoms with Gasteiger partial charge in [0.05, 0.1) is 6.42 Å². The van der Waals surface area contributed by atoms with Crippen LogP contribution in [0, 0.1) is 0 Å². The van der Waals surface area contributed by atoms with Gasteiger partial charge in [0.1, 0.15) is 23.4 Å². The molecule has 0 fully saturated rings. The Kier molecular flexibility index (Phi) is 6.39. The number of carbonyl (C=O) groups excluding carboxylic acids is 2. The number of phenols is 2. The Labute approximate surface area is 145 Å². The lowest BCUT2D eigenvalue weighted by Crippen LogP contribution is -2.18. The van der Waals surface area contributed by atoms with Crippen LogP contribution in [-0.4, -0.2) is 22.2 Å². The van der Waals surface area contributed by atoms with Crippen LogP contribution in [0.3, 0.4) is 0 Å². The normalized spacial score (nSPS) is 11.6. The number of esters is 2. The summed E-state index contributed by atoms with van der Waals surface area (Å²) in [5.41, 5.74) is 0.588. The SMILES string of the molecule is CCCC(=O)OC(CC(=O)Oc1ccc(O)cc1)c1ccc(O)cc1. The molecular formula is C19H20O6. The highest BCUT2D eigenvalue weighted by molar-refractivity contribution is 5.74. The maximum Gasteiger partial charge on any atom is 0.315 e. The Hall–Kier alpha value is -3.02. The molecule has 0 aliphatic rings. The Morgan fingerprint density at radius 2 is 1.48 bits per heavy atom. The summed E-state index contributed by atoms with van der Waals surface area (Å²) in [4.78, 5) is 24.0. The average Bonchev–Trinajstić information content (AvgIpc) is 2.57. The molecule has 0 amide bonds. The number of aromatic hydroxyl groups is 2. The molecule has 0 aromatic heterocycles. The van der Waals surface area contributed by atoms with E-state index in [1.165, 1.54) is 36.4 Å². The van der Waals surface area contributed by atoms with Crippen molar-refractivity contribution in [3.63, 3.8) is 0 Å². The summed E-state index contributed by atoms with van der Waals surface area (Å²) >= 11 is 0. The van der Waals surface area contributed by atoms with E-state index in [2.05, 4.69) is 0 Å². The molecule has 0 spiro atoms. The van der Waals surface area contributed by atoms with E-state index in [1.807, 2.05) is 6.92 Å². The van der Waals surface area contributed by atoms with Crippen molar-refractivity contribution in [3.05, 3.63) is 54.1 Å². The van der Waals surface area contributed by atoms with Crippen molar-refractivity contribution in [3.8, 4) is 17.2 Å². The molecule has 1 unspecified atom stereocenters. The van der Waals surface area contributed by atoms with Crippen LogP contribution in [0.25, 0.3) is 0 Å². The van der Waals surface area contributed by atoms with Gasteiger partial charge in [-0.1, -0.05) is 19.1 Å². The first-order chi connectivity index (χ1) is 12.0. The fourth-order valence-corrected chi connectivity index (χ4v) is 2.18. The van der Waals surface area contributed by atoms with Crippen LogP contribution >= 0.6 is 0 Å². The van der Waals surface area contributed by atoms with Crippen LogP contribution in [0.1, 0.15) is 37.9 Å². The summed E-state index contributed by atoms with van der Waals surface area (Å²) in [6.45, 7) is 1.86. The fourth-order valence-electron chi connectivity index (χ4n) is 2.18. The van der Waals surface area contributed by atoms with Gasteiger partial charge >= 0.3 is 11.9 Å². The summed E-state index contributed by atoms with van der Waals surface area (Å²) in [7, 11) is 0. The monoisotopic (exact) mass is 344 g/mol. The van der Waals surface area contributed by atoms with Crippen LogP contribution in [0.5, 0.6) is 17.2 Å². The first-order valence-electron chi connectivity index (χ1n) is 7.96. The Bertz CT molecular complexity index is 706. The second kappa shape index (κ2) is 8.73. The van der Waals surface area contributed by atoms with E-state index in [0.717, 1.165) is 0 Å². The van der Waals surface area contributed by atoms with Crippen LogP contribution in [0.15, 0.2) is 48.5 Å². The van der Waals surface area contributed by atoms with Gasteiger partial charge in [0.25, 0.3) is 0 Å². The van der Waals surface area contributed by atoms with Crippen molar-refractivity contribution in [1.82, 2.24) is 0 Å². The summed E-state index contributed by atoms with van der Waals surface area (Å²) in [6, 6.07) is 11.8. The molecule has 0 aliphatic carbocycles.